The first kappa shape index (κ1) is 11.0. The maximum atomic E-state index is 11.8. The van der Waals surface area contributed by atoms with E-state index in [1.54, 1.807) is 0 Å². The van der Waals surface area contributed by atoms with Crippen molar-refractivity contribution in [2.75, 3.05) is 13.7 Å². The van der Waals surface area contributed by atoms with Crippen molar-refractivity contribution in [1.82, 2.24) is 0 Å². The topological polar surface area (TPSA) is 35.5 Å². The van der Waals surface area contributed by atoms with E-state index in [1.165, 1.54) is 18.3 Å². The highest BCUT2D eigenvalue weighted by Gasteiger charge is 2.53. The van der Waals surface area contributed by atoms with Crippen LogP contribution in [0.5, 0.6) is 0 Å². The molecular weight excluding hydrogens is 216 g/mol. The van der Waals surface area contributed by atoms with Crippen LogP contribution in [-0.2, 0) is 14.3 Å². The Morgan fingerprint density at radius 3 is 3.06 bits per heavy atom. The first-order valence-corrected chi connectivity index (χ1v) is 6.37. The first-order chi connectivity index (χ1) is 8.26. The minimum absolute atomic E-state index is 0.0734. The zero-order valence-corrected chi connectivity index (χ0v) is 10.2. The van der Waals surface area contributed by atoms with Gasteiger partial charge in [0.1, 0.15) is 0 Å². The maximum Gasteiger partial charge on any atom is 0.316 e. The predicted octanol–water partition coefficient (Wildman–Crippen LogP) is 2.38. The Bertz CT molecular complexity index is 402. The normalized spacial score (nSPS) is 29.8. The molecule has 0 spiro atoms. The Kier molecular flexibility index (Phi) is 2.58. The van der Waals surface area contributed by atoms with Gasteiger partial charge in [0, 0.05) is 6.61 Å². The molecule has 1 atom stereocenters. The molecule has 0 radical (unpaired) electrons. The Morgan fingerprint density at radius 2 is 2.35 bits per heavy atom. The van der Waals surface area contributed by atoms with Crippen molar-refractivity contribution in [3.63, 3.8) is 0 Å². The number of carbonyl (C=O) groups excluding carboxylic acids is 1. The Morgan fingerprint density at radius 1 is 1.53 bits per heavy atom. The largest absolute Gasteiger partial charge is 0.468 e. The van der Waals surface area contributed by atoms with Crippen LogP contribution in [0.3, 0.4) is 0 Å². The summed E-state index contributed by atoms with van der Waals surface area (Å²) in [6.45, 7) is 0.868. The Balaban J connectivity index is 1.84. The third-order valence-corrected chi connectivity index (χ3v) is 4.11. The molecule has 1 saturated carbocycles. The van der Waals surface area contributed by atoms with Gasteiger partial charge in [-0.25, -0.2) is 0 Å². The van der Waals surface area contributed by atoms with Crippen LogP contribution < -0.4 is 0 Å². The second kappa shape index (κ2) is 3.98. The second-order valence-corrected chi connectivity index (χ2v) is 5.15. The summed E-state index contributed by atoms with van der Waals surface area (Å²) in [5, 5.41) is 0. The van der Waals surface area contributed by atoms with Crippen molar-refractivity contribution in [2.45, 2.75) is 38.2 Å². The molecule has 3 nitrogen and oxygen atoms in total. The van der Waals surface area contributed by atoms with Gasteiger partial charge in [-0.1, -0.05) is 12.2 Å². The summed E-state index contributed by atoms with van der Waals surface area (Å²) in [6, 6.07) is 0. The molecule has 1 saturated heterocycles. The lowest BCUT2D eigenvalue weighted by Crippen LogP contribution is -2.27. The van der Waals surface area contributed by atoms with E-state index in [-0.39, 0.29) is 17.5 Å². The van der Waals surface area contributed by atoms with Crippen LogP contribution in [0.2, 0.25) is 0 Å². The van der Waals surface area contributed by atoms with Crippen molar-refractivity contribution < 1.29 is 14.3 Å². The summed E-state index contributed by atoms with van der Waals surface area (Å²) in [7, 11) is 1.48. The Hall–Kier alpha value is -1.09. The number of rotatable bonds is 2. The summed E-state index contributed by atoms with van der Waals surface area (Å²) in [4.78, 5) is 11.8. The van der Waals surface area contributed by atoms with Gasteiger partial charge in [-0.05, 0) is 43.3 Å². The fourth-order valence-electron chi connectivity index (χ4n) is 2.91. The molecule has 1 heterocycles. The number of carbonyl (C=O) groups is 1. The van der Waals surface area contributed by atoms with E-state index >= 15 is 0 Å². The minimum Gasteiger partial charge on any atom is -0.468 e. The second-order valence-electron chi connectivity index (χ2n) is 5.15. The minimum atomic E-state index is -0.315. The molecule has 1 unspecified atom stereocenters. The lowest BCUT2D eigenvalue weighted by atomic mass is 9.84. The van der Waals surface area contributed by atoms with Crippen molar-refractivity contribution in [1.29, 1.82) is 0 Å². The highest BCUT2D eigenvalue weighted by atomic mass is 16.5. The number of hydrogen-bond donors (Lipinski definition) is 0. The number of ether oxygens (including phenoxy) is 2. The smallest absolute Gasteiger partial charge is 0.316 e. The van der Waals surface area contributed by atoms with Crippen LogP contribution in [-0.4, -0.2) is 25.8 Å². The van der Waals surface area contributed by atoms with Gasteiger partial charge in [0.2, 0.25) is 0 Å². The molecule has 3 aliphatic rings. The molecule has 1 aliphatic heterocycles. The quantitative estimate of drug-likeness (QED) is 0.688. The van der Waals surface area contributed by atoms with E-state index in [0.29, 0.717) is 0 Å². The van der Waals surface area contributed by atoms with Gasteiger partial charge in [-0.15, -0.1) is 0 Å². The molecule has 2 fully saturated rings. The highest BCUT2D eigenvalue weighted by molar-refractivity contribution is 5.84. The summed E-state index contributed by atoms with van der Waals surface area (Å²) in [5.41, 5.74) is 2.22. The molecular formula is C14H18O3. The van der Waals surface area contributed by atoms with E-state index in [1.807, 2.05) is 0 Å². The van der Waals surface area contributed by atoms with Crippen LogP contribution in [0.4, 0.5) is 0 Å². The molecule has 3 heteroatoms. The Labute approximate surface area is 101 Å². The van der Waals surface area contributed by atoms with Gasteiger partial charge < -0.3 is 9.47 Å². The third-order valence-electron chi connectivity index (χ3n) is 4.11. The molecule has 0 N–H and O–H groups in total. The molecule has 0 aromatic heterocycles. The molecule has 0 aromatic carbocycles. The summed E-state index contributed by atoms with van der Waals surface area (Å²) < 4.78 is 10.6. The fourth-order valence-corrected chi connectivity index (χ4v) is 2.91. The number of methoxy groups -OCH3 is 1. The summed E-state index contributed by atoms with van der Waals surface area (Å²) >= 11 is 0. The molecule has 0 bridgehead atoms. The van der Waals surface area contributed by atoms with Crippen LogP contribution in [0.15, 0.2) is 23.3 Å². The predicted molar refractivity (Wildman–Crippen MR) is 63.4 cm³/mol. The van der Waals surface area contributed by atoms with Crippen LogP contribution in [0.1, 0.15) is 32.1 Å². The van der Waals surface area contributed by atoms with E-state index in [4.69, 9.17) is 9.47 Å². The van der Waals surface area contributed by atoms with Gasteiger partial charge >= 0.3 is 5.97 Å². The van der Waals surface area contributed by atoms with Gasteiger partial charge in [0.15, 0.2) is 0 Å². The molecule has 0 amide bonds. The van der Waals surface area contributed by atoms with Crippen molar-refractivity contribution in [3.05, 3.63) is 23.3 Å². The first-order valence-electron chi connectivity index (χ1n) is 6.37. The lowest BCUT2D eigenvalue weighted by Gasteiger charge is -2.30. The number of esters is 1. The van der Waals surface area contributed by atoms with Gasteiger partial charge in [-0.2, -0.15) is 0 Å². The number of allylic oxidation sites excluding steroid dienone is 1. The highest BCUT2D eigenvalue weighted by Crippen LogP contribution is 2.54. The zero-order valence-electron chi connectivity index (χ0n) is 10.2. The third kappa shape index (κ3) is 1.73. The molecule has 3 rings (SSSR count). The van der Waals surface area contributed by atoms with E-state index in [2.05, 4.69) is 12.2 Å². The standard InChI is InChI=1S/C14H18O3/c1-16-13(15)14(6-7-14)11-4-5-12-10(9-11)3-2-8-17-12/h4,9,12H,2-3,5-8H2,1H3. The van der Waals surface area contributed by atoms with Crippen LogP contribution in [0.25, 0.3) is 0 Å². The van der Waals surface area contributed by atoms with Crippen LogP contribution in [0, 0.1) is 5.41 Å². The van der Waals surface area contributed by atoms with Gasteiger partial charge in [0.05, 0.1) is 18.6 Å². The van der Waals surface area contributed by atoms with E-state index in [9.17, 15) is 4.79 Å². The molecule has 17 heavy (non-hydrogen) atoms. The zero-order chi connectivity index (χ0) is 11.9. The average Bonchev–Trinajstić information content (AvgIpc) is 3.19. The average molecular weight is 234 g/mol. The number of fused-ring (bicyclic) bond motifs is 1. The van der Waals surface area contributed by atoms with E-state index < -0.39 is 0 Å². The monoisotopic (exact) mass is 234 g/mol. The SMILES string of the molecule is COC(=O)C1(C2=CCC3OCCCC3=C2)CC1. The van der Waals surface area contributed by atoms with Crippen molar-refractivity contribution in [2.24, 2.45) is 5.41 Å². The number of hydrogen-bond acceptors (Lipinski definition) is 3. The molecule has 2 aliphatic carbocycles. The molecule has 92 valence electrons. The van der Waals surface area contributed by atoms with Gasteiger partial charge in [-0.3, -0.25) is 4.79 Å². The van der Waals surface area contributed by atoms with E-state index in [0.717, 1.165) is 38.7 Å². The molecule has 0 aromatic rings. The van der Waals surface area contributed by atoms with Crippen molar-refractivity contribution >= 4 is 5.97 Å². The lowest BCUT2D eigenvalue weighted by molar-refractivity contribution is -0.145. The van der Waals surface area contributed by atoms with Gasteiger partial charge in [0.25, 0.3) is 0 Å². The maximum absolute atomic E-state index is 11.8. The fraction of sp³-hybridized carbons (Fsp3) is 0.643. The van der Waals surface area contributed by atoms with Crippen LogP contribution >= 0.6 is 0 Å². The summed E-state index contributed by atoms with van der Waals surface area (Å²) in [6.07, 6.45) is 9.61. The summed E-state index contributed by atoms with van der Waals surface area (Å²) in [5.74, 6) is -0.0734. The van der Waals surface area contributed by atoms with Crippen molar-refractivity contribution in [3.8, 4) is 0 Å².